The number of amides is 1. The molecule has 2 aromatic heterocycles. The predicted molar refractivity (Wildman–Crippen MR) is 110 cm³/mol. The van der Waals surface area contributed by atoms with Gasteiger partial charge in [-0.3, -0.25) is 9.89 Å². The molecule has 5 rings (SSSR count). The summed E-state index contributed by atoms with van der Waals surface area (Å²) < 4.78 is 0. The van der Waals surface area contributed by atoms with Gasteiger partial charge in [-0.25, -0.2) is 0 Å². The molecule has 0 saturated carbocycles. The van der Waals surface area contributed by atoms with E-state index in [1.54, 1.807) is 0 Å². The molecular weight excluding hydrogens is 372 g/mol. The molecule has 1 aliphatic rings. The smallest absolute Gasteiger partial charge is 0.275 e. The molecule has 1 aliphatic heterocycles. The van der Waals surface area contributed by atoms with Crippen molar-refractivity contribution in [2.24, 2.45) is 0 Å². The lowest BCUT2D eigenvalue weighted by Crippen LogP contribution is -2.31. The summed E-state index contributed by atoms with van der Waals surface area (Å²) in [5.74, 6) is -0.0286. The van der Waals surface area contributed by atoms with Crippen LogP contribution >= 0.6 is 11.6 Å². The van der Waals surface area contributed by atoms with Crippen molar-refractivity contribution < 1.29 is 4.79 Å². The lowest BCUT2D eigenvalue weighted by molar-refractivity contribution is 0.0745. The number of nitrogens with zero attached hydrogens (tertiary/aromatic N) is 2. The van der Waals surface area contributed by atoms with Gasteiger partial charge in [-0.05, 0) is 42.7 Å². The molecule has 1 atom stereocenters. The number of para-hydroxylation sites is 1. The molecule has 2 N–H and O–H groups in total. The summed E-state index contributed by atoms with van der Waals surface area (Å²) in [5, 5.41) is 9.12. The minimum Gasteiger partial charge on any atom is -0.361 e. The number of hydrogen-bond donors (Lipinski definition) is 2. The second-order valence-corrected chi connectivity index (χ2v) is 7.61. The van der Waals surface area contributed by atoms with Crippen LogP contribution in [0.1, 0.15) is 38.9 Å². The Hall–Kier alpha value is -3.05. The van der Waals surface area contributed by atoms with Gasteiger partial charge in [-0.2, -0.15) is 5.10 Å². The number of benzene rings is 2. The number of rotatable bonds is 4. The van der Waals surface area contributed by atoms with Gasteiger partial charge in [-0.1, -0.05) is 41.9 Å². The average molecular weight is 391 g/mol. The van der Waals surface area contributed by atoms with Crippen molar-refractivity contribution in [2.45, 2.75) is 19.4 Å². The Morgan fingerprint density at radius 1 is 1.14 bits per heavy atom. The minimum absolute atomic E-state index is 0.0286. The van der Waals surface area contributed by atoms with E-state index in [0.29, 0.717) is 17.3 Å². The van der Waals surface area contributed by atoms with Gasteiger partial charge in [0.15, 0.2) is 5.69 Å². The zero-order valence-electron chi connectivity index (χ0n) is 15.4. The Morgan fingerprint density at radius 2 is 1.93 bits per heavy atom. The summed E-state index contributed by atoms with van der Waals surface area (Å²) in [4.78, 5) is 18.3. The van der Waals surface area contributed by atoms with Crippen molar-refractivity contribution in [2.75, 3.05) is 6.54 Å². The van der Waals surface area contributed by atoms with Crippen LogP contribution in [0.25, 0.3) is 10.9 Å². The van der Waals surface area contributed by atoms with Crippen molar-refractivity contribution in [1.82, 2.24) is 20.1 Å². The van der Waals surface area contributed by atoms with E-state index in [2.05, 4.69) is 27.3 Å². The van der Waals surface area contributed by atoms with Crippen LogP contribution < -0.4 is 0 Å². The van der Waals surface area contributed by atoms with E-state index in [-0.39, 0.29) is 11.9 Å². The topological polar surface area (TPSA) is 64.8 Å². The number of nitrogens with one attached hydrogen (secondary N) is 2. The normalized spacial score (nSPS) is 16.1. The summed E-state index contributed by atoms with van der Waals surface area (Å²) in [6.07, 6.45) is 2.81. The summed E-state index contributed by atoms with van der Waals surface area (Å²) >= 11 is 6.08. The molecule has 0 fully saturated rings. The molecule has 4 aromatic rings. The first kappa shape index (κ1) is 17.1. The number of H-pyrrole nitrogens is 2. The van der Waals surface area contributed by atoms with Gasteiger partial charge in [0.2, 0.25) is 0 Å². The largest absolute Gasteiger partial charge is 0.361 e. The Labute approximate surface area is 167 Å². The monoisotopic (exact) mass is 390 g/mol. The van der Waals surface area contributed by atoms with Gasteiger partial charge in [0, 0.05) is 39.9 Å². The molecule has 1 unspecified atom stereocenters. The molecule has 28 heavy (non-hydrogen) atoms. The number of carbonyl (C=O) groups is 1. The van der Waals surface area contributed by atoms with Crippen LogP contribution in [0.2, 0.25) is 5.02 Å². The molecule has 140 valence electrons. The first-order chi connectivity index (χ1) is 13.6. The summed E-state index contributed by atoms with van der Waals surface area (Å²) in [5.41, 5.74) is 5.78. The molecular formula is C22H19ClN4O. The van der Waals surface area contributed by atoms with E-state index < -0.39 is 0 Å². The lowest BCUT2D eigenvalue weighted by Gasteiger charge is -2.26. The van der Waals surface area contributed by atoms with E-state index in [1.165, 1.54) is 10.9 Å². The van der Waals surface area contributed by atoms with E-state index in [0.717, 1.165) is 28.8 Å². The third kappa shape index (κ3) is 2.62. The minimum atomic E-state index is -0.149. The molecule has 2 aromatic carbocycles. The van der Waals surface area contributed by atoms with Gasteiger partial charge in [0.25, 0.3) is 5.91 Å². The van der Waals surface area contributed by atoms with Crippen LogP contribution in [0, 0.1) is 6.92 Å². The molecule has 0 bridgehead atoms. The molecule has 0 spiro atoms. The molecule has 6 heteroatoms. The van der Waals surface area contributed by atoms with Crippen LogP contribution in [-0.2, 0) is 6.42 Å². The van der Waals surface area contributed by atoms with E-state index in [1.807, 2.05) is 54.4 Å². The van der Waals surface area contributed by atoms with Crippen LogP contribution in [0.5, 0.6) is 0 Å². The highest BCUT2D eigenvalue weighted by molar-refractivity contribution is 6.30. The first-order valence-corrected chi connectivity index (χ1v) is 9.67. The number of aromatic amines is 2. The van der Waals surface area contributed by atoms with Crippen molar-refractivity contribution >= 4 is 28.4 Å². The van der Waals surface area contributed by atoms with Crippen molar-refractivity contribution in [3.63, 3.8) is 0 Å². The van der Waals surface area contributed by atoms with Crippen LogP contribution in [0.4, 0.5) is 0 Å². The highest BCUT2D eigenvalue weighted by Crippen LogP contribution is 2.39. The molecule has 3 heterocycles. The maximum Gasteiger partial charge on any atom is 0.275 e. The quantitative estimate of drug-likeness (QED) is 0.533. The van der Waals surface area contributed by atoms with Crippen LogP contribution in [0.3, 0.4) is 0 Å². The highest BCUT2D eigenvalue weighted by Gasteiger charge is 2.41. The van der Waals surface area contributed by atoms with E-state index >= 15 is 0 Å². The summed E-state index contributed by atoms with van der Waals surface area (Å²) in [6, 6.07) is 15.8. The zero-order chi connectivity index (χ0) is 19.3. The number of hydrogen-bond acceptors (Lipinski definition) is 2. The fourth-order valence-electron chi connectivity index (χ4n) is 4.15. The van der Waals surface area contributed by atoms with Crippen molar-refractivity contribution in [3.8, 4) is 0 Å². The number of aryl methyl sites for hydroxylation is 1. The predicted octanol–water partition coefficient (Wildman–Crippen LogP) is 4.64. The van der Waals surface area contributed by atoms with E-state index in [9.17, 15) is 4.79 Å². The zero-order valence-corrected chi connectivity index (χ0v) is 16.1. The Morgan fingerprint density at radius 3 is 2.75 bits per heavy atom. The number of aromatic nitrogens is 3. The second kappa shape index (κ2) is 6.53. The Balaban J connectivity index is 1.50. The number of carbonyl (C=O) groups excluding carboxylic acids is 1. The third-order valence-electron chi connectivity index (χ3n) is 5.53. The van der Waals surface area contributed by atoms with Gasteiger partial charge >= 0.3 is 0 Å². The highest BCUT2D eigenvalue weighted by atomic mass is 35.5. The van der Waals surface area contributed by atoms with Gasteiger partial charge < -0.3 is 9.88 Å². The Kier molecular flexibility index (Phi) is 3.98. The number of fused-ring (bicyclic) bond motifs is 2. The summed E-state index contributed by atoms with van der Waals surface area (Å²) in [6.45, 7) is 2.58. The standard InChI is InChI=1S/C22H19ClN4O/c1-13-19-20(26-25-13)22(28)27(21(19)14-6-8-16(23)9-7-14)11-10-15-12-24-18-5-3-2-4-17(15)18/h2-9,12,21,24H,10-11H2,1H3,(H,25,26). The van der Waals surface area contributed by atoms with Crippen LogP contribution in [0.15, 0.2) is 54.7 Å². The second-order valence-electron chi connectivity index (χ2n) is 7.17. The SMILES string of the molecule is Cc1[nH]nc2c1C(c1ccc(Cl)cc1)N(CCc1c[nH]c3ccccc13)C2=O. The number of halogens is 1. The Bertz CT molecular complexity index is 1170. The molecule has 1 amide bonds. The maximum absolute atomic E-state index is 13.1. The molecule has 0 radical (unpaired) electrons. The maximum atomic E-state index is 13.1. The van der Waals surface area contributed by atoms with Crippen molar-refractivity contribution in [3.05, 3.63) is 87.8 Å². The van der Waals surface area contributed by atoms with Gasteiger partial charge in [0.05, 0.1) is 6.04 Å². The first-order valence-electron chi connectivity index (χ1n) is 9.30. The van der Waals surface area contributed by atoms with Gasteiger partial charge in [-0.15, -0.1) is 0 Å². The fourth-order valence-corrected chi connectivity index (χ4v) is 4.27. The molecule has 0 saturated heterocycles. The average Bonchev–Trinajstić information content (AvgIpc) is 3.36. The van der Waals surface area contributed by atoms with Crippen LogP contribution in [-0.4, -0.2) is 32.5 Å². The summed E-state index contributed by atoms with van der Waals surface area (Å²) in [7, 11) is 0. The van der Waals surface area contributed by atoms with Gasteiger partial charge in [0.1, 0.15) is 0 Å². The van der Waals surface area contributed by atoms with E-state index in [4.69, 9.17) is 11.6 Å². The third-order valence-corrected chi connectivity index (χ3v) is 5.78. The molecule has 5 nitrogen and oxygen atoms in total. The fraction of sp³-hybridized carbons (Fsp3) is 0.182. The van der Waals surface area contributed by atoms with Crippen molar-refractivity contribution in [1.29, 1.82) is 0 Å². The lowest BCUT2D eigenvalue weighted by atomic mass is 9.99. The molecule has 0 aliphatic carbocycles.